The molecule has 0 bridgehead atoms. The lowest BCUT2D eigenvalue weighted by Crippen LogP contribution is -2.13. The number of methoxy groups -OCH3 is 3. The highest BCUT2D eigenvalue weighted by molar-refractivity contribution is 7.19. The van der Waals surface area contributed by atoms with Crippen LogP contribution in [0, 0.1) is 22.7 Å². The van der Waals surface area contributed by atoms with Crippen molar-refractivity contribution in [2.75, 3.05) is 32.8 Å². The number of aromatic nitrogens is 1. The summed E-state index contributed by atoms with van der Waals surface area (Å²) in [6, 6.07) is 7.59. The van der Waals surface area contributed by atoms with E-state index in [9.17, 15) is 10.5 Å². The van der Waals surface area contributed by atoms with Crippen LogP contribution in [0.4, 0.5) is 11.5 Å². The van der Waals surface area contributed by atoms with Gasteiger partial charge in [0.1, 0.15) is 22.6 Å². The van der Waals surface area contributed by atoms with Crippen molar-refractivity contribution in [2.24, 2.45) is 0 Å². The number of rotatable bonds is 4. The van der Waals surface area contributed by atoms with Gasteiger partial charge < -0.3 is 19.9 Å². The number of H-pyrrole nitrogens is 1. The minimum atomic E-state index is 0.180. The van der Waals surface area contributed by atoms with E-state index < -0.39 is 0 Å². The maximum absolute atomic E-state index is 9.69. The molecule has 0 atom stereocenters. The molecule has 3 aromatic rings. The number of anilines is 2. The zero-order valence-electron chi connectivity index (χ0n) is 14.8. The Morgan fingerprint density at radius 3 is 2.11 bits per heavy atom. The number of nitriles is 2. The Kier molecular flexibility index (Phi) is 4.63. The van der Waals surface area contributed by atoms with Gasteiger partial charge in [0.2, 0.25) is 5.75 Å². The summed E-state index contributed by atoms with van der Waals surface area (Å²) in [5.74, 6) is 1.44. The van der Waals surface area contributed by atoms with Gasteiger partial charge in [-0.3, -0.25) is 5.73 Å². The second kappa shape index (κ2) is 6.90. The van der Waals surface area contributed by atoms with Gasteiger partial charge in [-0.15, -0.1) is 0 Å². The molecule has 2 aromatic heterocycles. The van der Waals surface area contributed by atoms with Crippen molar-refractivity contribution in [3.8, 4) is 40.5 Å². The maximum Gasteiger partial charge on any atom is 0.290 e. The molecule has 2 heterocycles. The molecule has 0 aliphatic rings. The van der Waals surface area contributed by atoms with E-state index in [2.05, 4.69) is 17.1 Å². The van der Waals surface area contributed by atoms with Gasteiger partial charge in [0.05, 0.1) is 32.4 Å². The van der Waals surface area contributed by atoms with Gasteiger partial charge in [0, 0.05) is 5.56 Å². The van der Waals surface area contributed by atoms with Crippen LogP contribution >= 0.6 is 11.3 Å². The third kappa shape index (κ3) is 2.71. The molecule has 0 saturated heterocycles. The van der Waals surface area contributed by atoms with Crippen molar-refractivity contribution in [1.29, 1.82) is 10.5 Å². The average molecular weight is 382 g/mol. The number of benzene rings is 1. The van der Waals surface area contributed by atoms with Gasteiger partial charge in [-0.25, -0.2) is 4.98 Å². The third-order valence-electron chi connectivity index (χ3n) is 4.13. The summed E-state index contributed by atoms with van der Waals surface area (Å²) in [6.07, 6.45) is 0. The first kappa shape index (κ1) is 18.1. The van der Waals surface area contributed by atoms with Crippen molar-refractivity contribution in [3.63, 3.8) is 0 Å². The van der Waals surface area contributed by atoms with E-state index in [1.807, 2.05) is 0 Å². The zero-order chi connectivity index (χ0) is 19.7. The number of aromatic amines is 1. The quantitative estimate of drug-likeness (QED) is 0.705. The molecule has 1 aromatic carbocycles. The smallest absolute Gasteiger partial charge is 0.290 e. The van der Waals surface area contributed by atoms with Gasteiger partial charge >= 0.3 is 0 Å². The number of nitrogen functional groups attached to an aromatic ring is 2. The Labute approximate surface area is 159 Å². The molecule has 0 amide bonds. The number of hydrogen-bond acceptors (Lipinski definition) is 8. The summed E-state index contributed by atoms with van der Waals surface area (Å²) in [6.45, 7) is 0. The second-order valence-electron chi connectivity index (χ2n) is 5.48. The SMILES string of the molecule is COc1cc(-c2c(C#N)c(N)[nH+]c3sc(C#N)c(N)c23)cc(OC)c1OC. The Bertz CT molecular complexity index is 1120. The largest absolute Gasteiger partial charge is 0.493 e. The first-order valence-corrected chi connectivity index (χ1v) is 8.49. The highest BCUT2D eigenvalue weighted by Crippen LogP contribution is 2.46. The van der Waals surface area contributed by atoms with Gasteiger partial charge in [-0.1, -0.05) is 11.3 Å². The number of nitrogens with one attached hydrogen (secondary N) is 1. The number of nitrogens with two attached hydrogens (primary N) is 2. The highest BCUT2D eigenvalue weighted by Gasteiger charge is 2.26. The van der Waals surface area contributed by atoms with Crippen LogP contribution in [0.15, 0.2) is 12.1 Å². The molecule has 0 radical (unpaired) electrons. The number of thiophene rings is 1. The summed E-state index contributed by atoms with van der Waals surface area (Å²) < 4.78 is 16.2. The van der Waals surface area contributed by atoms with Crippen molar-refractivity contribution < 1.29 is 19.2 Å². The van der Waals surface area contributed by atoms with Gasteiger partial charge in [-0.2, -0.15) is 10.5 Å². The monoisotopic (exact) mass is 382 g/mol. The Hall–Kier alpha value is -3.69. The number of hydrogen-bond donors (Lipinski definition) is 2. The summed E-state index contributed by atoms with van der Waals surface area (Å²) in [5.41, 5.74) is 13.8. The van der Waals surface area contributed by atoms with Crippen LogP contribution in [0.3, 0.4) is 0 Å². The summed E-state index contributed by atoms with van der Waals surface area (Å²) in [7, 11) is 4.51. The normalized spacial score (nSPS) is 10.3. The van der Waals surface area contributed by atoms with Crippen LogP contribution in [0.2, 0.25) is 0 Å². The topological polar surface area (TPSA) is 141 Å². The lowest BCUT2D eigenvalue weighted by Gasteiger charge is -2.15. The first-order chi connectivity index (χ1) is 13.0. The predicted molar refractivity (Wildman–Crippen MR) is 102 cm³/mol. The molecule has 0 spiro atoms. The van der Waals surface area contributed by atoms with Gasteiger partial charge in [-0.05, 0) is 17.7 Å². The number of fused-ring (bicyclic) bond motifs is 1. The van der Waals surface area contributed by atoms with Crippen LogP contribution in [0.5, 0.6) is 17.2 Å². The summed E-state index contributed by atoms with van der Waals surface area (Å²) in [4.78, 5) is 3.89. The van der Waals surface area contributed by atoms with E-state index in [0.717, 1.165) is 0 Å². The molecule has 8 nitrogen and oxygen atoms in total. The van der Waals surface area contributed by atoms with Crippen LogP contribution in [-0.4, -0.2) is 21.3 Å². The van der Waals surface area contributed by atoms with E-state index in [1.54, 1.807) is 12.1 Å². The number of pyridine rings is 1. The van der Waals surface area contributed by atoms with Crippen molar-refractivity contribution in [2.45, 2.75) is 0 Å². The van der Waals surface area contributed by atoms with Crippen LogP contribution in [0.1, 0.15) is 10.4 Å². The van der Waals surface area contributed by atoms with Crippen molar-refractivity contribution >= 4 is 33.1 Å². The molecule has 27 heavy (non-hydrogen) atoms. The molecular formula is C18H16N5O3S+. The molecule has 9 heteroatoms. The Morgan fingerprint density at radius 2 is 1.63 bits per heavy atom. The average Bonchev–Trinajstić information content (AvgIpc) is 3.00. The van der Waals surface area contributed by atoms with E-state index in [0.29, 0.717) is 43.5 Å². The lowest BCUT2D eigenvalue weighted by atomic mass is 9.96. The number of ether oxygens (including phenoxy) is 3. The van der Waals surface area contributed by atoms with E-state index in [-0.39, 0.29) is 17.1 Å². The van der Waals surface area contributed by atoms with Crippen molar-refractivity contribution in [1.82, 2.24) is 0 Å². The van der Waals surface area contributed by atoms with Crippen molar-refractivity contribution in [3.05, 3.63) is 22.6 Å². The molecule has 0 saturated carbocycles. The summed E-state index contributed by atoms with van der Waals surface area (Å²) in [5, 5.41) is 19.6. The van der Waals surface area contributed by atoms with Crippen LogP contribution < -0.4 is 30.7 Å². The molecular weight excluding hydrogens is 366 g/mol. The zero-order valence-corrected chi connectivity index (χ0v) is 15.7. The number of nitrogens with zero attached hydrogens (tertiary/aromatic N) is 2. The van der Waals surface area contributed by atoms with Crippen LogP contribution in [-0.2, 0) is 0 Å². The fraction of sp³-hybridized carbons (Fsp3) is 0.167. The third-order valence-corrected chi connectivity index (χ3v) is 5.16. The highest BCUT2D eigenvalue weighted by atomic mass is 32.1. The molecule has 3 rings (SSSR count). The van der Waals surface area contributed by atoms with Gasteiger partial charge in [0.15, 0.2) is 16.3 Å². The first-order valence-electron chi connectivity index (χ1n) is 7.67. The predicted octanol–water partition coefficient (Wildman–Crippen LogP) is 2.32. The minimum Gasteiger partial charge on any atom is -0.493 e. The fourth-order valence-electron chi connectivity index (χ4n) is 2.94. The van der Waals surface area contributed by atoms with E-state index in [4.69, 9.17) is 25.7 Å². The molecule has 0 aliphatic heterocycles. The Balaban J connectivity index is 2.49. The Morgan fingerprint density at radius 1 is 1.00 bits per heavy atom. The van der Waals surface area contributed by atoms with Crippen LogP contribution in [0.25, 0.3) is 21.3 Å². The molecule has 0 unspecified atom stereocenters. The van der Waals surface area contributed by atoms with E-state index in [1.165, 1.54) is 32.7 Å². The molecule has 136 valence electrons. The lowest BCUT2D eigenvalue weighted by molar-refractivity contribution is -0.323. The summed E-state index contributed by atoms with van der Waals surface area (Å²) >= 11 is 1.18. The second-order valence-corrected chi connectivity index (χ2v) is 6.50. The fourth-order valence-corrected chi connectivity index (χ4v) is 3.87. The van der Waals surface area contributed by atoms with E-state index >= 15 is 0 Å². The standard InChI is InChI=1S/C18H15N5O3S/c1-24-10-4-8(5-11(25-2)16(10)26-3)13-9(6-19)17(22)23-18-14(13)15(21)12(7-20)27-18/h4-5H,21H2,1-3H3,(H2,22,23)/p+1. The molecule has 0 aliphatic carbocycles. The maximum atomic E-state index is 9.69. The molecule has 5 N–H and O–H groups in total. The van der Waals surface area contributed by atoms with Gasteiger partial charge in [0.25, 0.3) is 5.82 Å². The minimum absolute atomic E-state index is 0.180. The molecule has 0 fully saturated rings.